The third-order valence-electron chi connectivity index (χ3n) is 4.54. The van der Waals surface area contributed by atoms with Crippen LogP contribution in [0.25, 0.3) is 0 Å². The van der Waals surface area contributed by atoms with Crippen LogP contribution < -0.4 is 15.6 Å². The third-order valence-corrected chi connectivity index (χ3v) is 5.27. The van der Waals surface area contributed by atoms with Crippen molar-refractivity contribution in [2.24, 2.45) is 7.05 Å². The van der Waals surface area contributed by atoms with E-state index in [1.54, 1.807) is 14.0 Å². The van der Waals surface area contributed by atoms with Crippen molar-refractivity contribution < 1.29 is 14.3 Å². The van der Waals surface area contributed by atoms with Gasteiger partial charge in [0.15, 0.2) is 5.69 Å². The van der Waals surface area contributed by atoms with Crippen molar-refractivity contribution in [1.29, 1.82) is 0 Å². The average molecular weight is 472 g/mol. The molecule has 0 amide bonds. The quantitative estimate of drug-likeness (QED) is 0.525. The number of anilines is 1. The standard InChI is InChI=1S/C22H22BrN3O4/c1-4-30-21(28)18-19(29-3)20(27)26(2)22(25-18)24-17(14-10-6-5-7-11-14)15-12-8-9-13-16(15)23/h5-13,17H,4H2,1-3H3,(H,24,25). The minimum Gasteiger partial charge on any atom is -0.489 e. The van der Waals surface area contributed by atoms with Gasteiger partial charge in [-0.2, -0.15) is 0 Å². The molecule has 0 aliphatic carbocycles. The fourth-order valence-electron chi connectivity index (χ4n) is 3.06. The Morgan fingerprint density at radius 2 is 1.83 bits per heavy atom. The van der Waals surface area contributed by atoms with Crippen molar-refractivity contribution in [3.05, 3.63) is 86.2 Å². The first-order valence-corrected chi connectivity index (χ1v) is 10.1. The Morgan fingerprint density at radius 1 is 1.17 bits per heavy atom. The first-order valence-electron chi connectivity index (χ1n) is 9.36. The number of nitrogens with one attached hydrogen (secondary N) is 1. The molecule has 156 valence electrons. The van der Waals surface area contributed by atoms with E-state index in [1.807, 2.05) is 54.6 Å². The zero-order valence-corrected chi connectivity index (χ0v) is 18.5. The lowest BCUT2D eigenvalue weighted by Gasteiger charge is -2.23. The molecule has 8 heteroatoms. The summed E-state index contributed by atoms with van der Waals surface area (Å²) in [6.45, 7) is 1.84. The van der Waals surface area contributed by atoms with E-state index in [1.165, 1.54) is 11.7 Å². The molecule has 0 saturated carbocycles. The van der Waals surface area contributed by atoms with Crippen molar-refractivity contribution in [3.8, 4) is 5.75 Å². The Kier molecular flexibility index (Phi) is 6.89. The van der Waals surface area contributed by atoms with E-state index in [9.17, 15) is 9.59 Å². The van der Waals surface area contributed by atoms with Gasteiger partial charge in [0.2, 0.25) is 11.7 Å². The Labute approximate surface area is 182 Å². The van der Waals surface area contributed by atoms with Gasteiger partial charge < -0.3 is 14.8 Å². The van der Waals surface area contributed by atoms with E-state index in [0.717, 1.165) is 15.6 Å². The highest BCUT2D eigenvalue weighted by Crippen LogP contribution is 2.31. The number of hydrogen-bond acceptors (Lipinski definition) is 6. The van der Waals surface area contributed by atoms with Crippen LogP contribution in [0.4, 0.5) is 5.95 Å². The number of carbonyl (C=O) groups excluding carboxylic acids is 1. The second-order valence-corrected chi connectivity index (χ2v) is 7.27. The van der Waals surface area contributed by atoms with Gasteiger partial charge in [0.25, 0.3) is 5.56 Å². The molecule has 2 aromatic carbocycles. The number of hydrogen-bond donors (Lipinski definition) is 1. The molecular formula is C22H22BrN3O4. The number of nitrogens with zero attached hydrogens (tertiary/aromatic N) is 2. The number of methoxy groups -OCH3 is 1. The van der Waals surface area contributed by atoms with Gasteiger partial charge in [0.1, 0.15) is 0 Å². The molecule has 0 radical (unpaired) electrons. The minimum absolute atomic E-state index is 0.154. The van der Waals surface area contributed by atoms with Crippen LogP contribution >= 0.6 is 15.9 Å². The average Bonchev–Trinajstić information content (AvgIpc) is 2.76. The first-order chi connectivity index (χ1) is 14.5. The molecule has 1 N–H and O–H groups in total. The molecule has 0 saturated heterocycles. The van der Waals surface area contributed by atoms with Gasteiger partial charge in [-0.1, -0.05) is 64.5 Å². The predicted octanol–water partition coefficient (Wildman–Crippen LogP) is 3.93. The lowest BCUT2D eigenvalue weighted by Crippen LogP contribution is -2.28. The highest BCUT2D eigenvalue weighted by molar-refractivity contribution is 9.10. The van der Waals surface area contributed by atoms with E-state index in [4.69, 9.17) is 9.47 Å². The minimum atomic E-state index is -0.716. The van der Waals surface area contributed by atoms with Crippen LogP contribution in [0, 0.1) is 0 Å². The lowest BCUT2D eigenvalue weighted by molar-refractivity contribution is 0.0514. The third kappa shape index (κ3) is 4.38. The van der Waals surface area contributed by atoms with Gasteiger partial charge in [-0.25, -0.2) is 9.78 Å². The fraction of sp³-hybridized carbons (Fsp3) is 0.227. The largest absolute Gasteiger partial charge is 0.489 e. The second-order valence-electron chi connectivity index (χ2n) is 6.41. The van der Waals surface area contributed by atoms with Crippen LogP contribution in [0.5, 0.6) is 5.75 Å². The molecule has 3 aromatic rings. The molecule has 1 aromatic heterocycles. The molecule has 1 atom stereocenters. The summed E-state index contributed by atoms with van der Waals surface area (Å²) < 4.78 is 12.4. The van der Waals surface area contributed by atoms with Gasteiger partial charge in [-0.15, -0.1) is 0 Å². The maximum atomic E-state index is 12.8. The smallest absolute Gasteiger partial charge is 0.361 e. The summed E-state index contributed by atoms with van der Waals surface area (Å²) in [7, 11) is 2.89. The van der Waals surface area contributed by atoms with Gasteiger partial charge in [-0.05, 0) is 24.1 Å². The van der Waals surface area contributed by atoms with Crippen molar-refractivity contribution in [2.75, 3.05) is 19.0 Å². The second kappa shape index (κ2) is 9.58. The van der Waals surface area contributed by atoms with Crippen molar-refractivity contribution >= 4 is 27.8 Å². The fourth-order valence-corrected chi connectivity index (χ4v) is 3.57. The number of esters is 1. The van der Waals surface area contributed by atoms with Crippen LogP contribution in [-0.2, 0) is 11.8 Å². The summed E-state index contributed by atoms with van der Waals surface area (Å²) in [5.41, 5.74) is 1.26. The number of aromatic nitrogens is 2. The van der Waals surface area contributed by atoms with Crippen LogP contribution in [0.2, 0.25) is 0 Å². The monoisotopic (exact) mass is 471 g/mol. The Bertz CT molecular complexity index is 1100. The molecular weight excluding hydrogens is 450 g/mol. The molecule has 1 heterocycles. The number of halogens is 1. The highest BCUT2D eigenvalue weighted by Gasteiger charge is 2.25. The zero-order valence-electron chi connectivity index (χ0n) is 16.9. The summed E-state index contributed by atoms with van der Waals surface area (Å²) >= 11 is 3.60. The molecule has 3 rings (SSSR count). The molecule has 0 aliphatic heterocycles. The summed E-state index contributed by atoms with van der Waals surface area (Å²) in [6, 6.07) is 17.2. The summed E-state index contributed by atoms with van der Waals surface area (Å²) in [6.07, 6.45) is 0. The van der Waals surface area contributed by atoms with E-state index in [0.29, 0.717) is 0 Å². The van der Waals surface area contributed by atoms with Gasteiger partial charge >= 0.3 is 5.97 Å². The van der Waals surface area contributed by atoms with Crippen LogP contribution in [0.15, 0.2) is 63.9 Å². The maximum absolute atomic E-state index is 12.8. The highest BCUT2D eigenvalue weighted by atomic mass is 79.9. The van der Waals surface area contributed by atoms with E-state index in [2.05, 4.69) is 26.2 Å². The topological polar surface area (TPSA) is 82.5 Å². The number of rotatable bonds is 7. The van der Waals surface area contributed by atoms with Gasteiger partial charge in [0, 0.05) is 11.5 Å². The summed E-state index contributed by atoms with van der Waals surface area (Å²) in [5, 5.41) is 3.31. The number of carbonyl (C=O) groups is 1. The Balaban J connectivity index is 2.14. The zero-order chi connectivity index (χ0) is 21.7. The Morgan fingerprint density at radius 3 is 2.47 bits per heavy atom. The predicted molar refractivity (Wildman–Crippen MR) is 118 cm³/mol. The summed E-state index contributed by atoms with van der Waals surface area (Å²) in [5.74, 6) is -0.653. The molecule has 0 fully saturated rings. The maximum Gasteiger partial charge on any atom is 0.361 e. The summed E-state index contributed by atoms with van der Waals surface area (Å²) in [4.78, 5) is 29.6. The molecule has 1 unspecified atom stereocenters. The molecule has 30 heavy (non-hydrogen) atoms. The van der Waals surface area contributed by atoms with Gasteiger partial charge in [-0.3, -0.25) is 9.36 Å². The lowest BCUT2D eigenvalue weighted by atomic mass is 9.99. The van der Waals surface area contributed by atoms with Crippen LogP contribution in [0.1, 0.15) is 34.6 Å². The molecule has 0 aliphatic rings. The number of benzene rings is 2. The van der Waals surface area contributed by atoms with E-state index >= 15 is 0 Å². The van der Waals surface area contributed by atoms with E-state index in [-0.39, 0.29) is 30.0 Å². The molecule has 0 spiro atoms. The van der Waals surface area contributed by atoms with Crippen molar-refractivity contribution in [2.45, 2.75) is 13.0 Å². The molecule has 0 bridgehead atoms. The Hall–Kier alpha value is -3.13. The van der Waals surface area contributed by atoms with Gasteiger partial charge in [0.05, 0.1) is 19.8 Å². The van der Waals surface area contributed by atoms with Crippen molar-refractivity contribution in [3.63, 3.8) is 0 Å². The molecule has 7 nitrogen and oxygen atoms in total. The number of ether oxygens (including phenoxy) is 2. The van der Waals surface area contributed by atoms with Crippen LogP contribution in [0.3, 0.4) is 0 Å². The van der Waals surface area contributed by atoms with Crippen LogP contribution in [-0.4, -0.2) is 29.2 Å². The van der Waals surface area contributed by atoms with Crippen molar-refractivity contribution in [1.82, 2.24) is 9.55 Å². The first kappa shape index (κ1) is 21.6. The normalized spacial score (nSPS) is 11.6. The van der Waals surface area contributed by atoms with E-state index < -0.39 is 11.5 Å². The SMILES string of the molecule is CCOC(=O)c1nc(NC(c2ccccc2)c2ccccc2Br)n(C)c(=O)c1OC.